The van der Waals surface area contributed by atoms with Crippen molar-refractivity contribution < 1.29 is 9.53 Å². The van der Waals surface area contributed by atoms with Gasteiger partial charge in [0, 0.05) is 41.8 Å². The lowest BCUT2D eigenvalue weighted by atomic mass is 9.87. The van der Waals surface area contributed by atoms with Gasteiger partial charge >= 0.3 is 0 Å². The monoisotopic (exact) mass is 417 g/mol. The smallest absolute Gasteiger partial charge is 0.251 e. The highest BCUT2D eigenvalue weighted by Crippen LogP contribution is 2.32. The van der Waals surface area contributed by atoms with Crippen LogP contribution < -0.4 is 5.32 Å². The number of hydrogen-bond donors (Lipinski definition) is 2. The summed E-state index contributed by atoms with van der Waals surface area (Å²) in [6, 6.07) is 16.3. The van der Waals surface area contributed by atoms with Gasteiger partial charge in [-0.05, 0) is 54.5 Å². The highest BCUT2D eigenvalue weighted by Gasteiger charge is 2.23. The number of morpholine rings is 1. The van der Waals surface area contributed by atoms with Crippen molar-refractivity contribution in [3.63, 3.8) is 0 Å². The minimum atomic E-state index is -0.0531. The van der Waals surface area contributed by atoms with E-state index in [-0.39, 0.29) is 11.9 Å². The molecule has 2 unspecified atom stereocenters. The van der Waals surface area contributed by atoms with Crippen LogP contribution in [0.1, 0.15) is 46.6 Å². The molecule has 2 atom stereocenters. The van der Waals surface area contributed by atoms with E-state index in [4.69, 9.17) is 4.74 Å². The van der Waals surface area contributed by atoms with Crippen molar-refractivity contribution in [3.05, 3.63) is 70.9 Å². The van der Waals surface area contributed by atoms with Gasteiger partial charge in [0.15, 0.2) is 0 Å². The van der Waals surface area contributed by atoms with Gasteiger partial charge in [-0.15, -0.1) is 0 Å². The molecule has 1 amide bonds. The molecule has 1 fully saturated rings. The highest BCUT2D eigenvalue weighted by atomic mass is 16.5. The maximum absolute atomic E-state index is 13.3. The molecule has 0 spiro atoms. The van der Waals surface area contributed by atoms with Gasteiger partial charge in [0.2, 0.25) is 0 Å². The number of aromatic nitrogens is 1. The Hall–Kier alpha value is -2.63. The van der Waals surface area contributed by atoms with Crippen LogP contribution >= 0.6 is 0 Å². The summed E-state index contributed by atoms with van der Waals surface area (Å²) >= 11 is 0. The van der Waals surface area contributed by atoms with E-state index in [1.165, 1.54) is 23.1 Å². The molecule has 2 heterocycles. The Morgan fingerprint density at radius 2 is 2.00 bits per heavy atom. The molecule has 2 N–H and O–H groups in total. The van der Waals surface area contributed by atoms with E-state index in [0.717, 1.165) is 62.3 Å². The van der Waals surface area contributed by atoms with Gasteiger partial charge in [0.25, 0.3) is 5.91 Å². The van der Waals surface area contributed by atoms with E-state index in [9.17, 15) is 4.79 Å². The zero-order valence-corrected chi connectivity index (χ0v) is 18.2. The quantitative estimate of drug-likeness (QED) is 0.657. The number of H-pyrrole nitrogens is 1. The Morgan fingerprint density at radius 1 is 1.19 bits per heavy atom. The summed E-state index contributed by atoms with van der Waals surface area (Å²) < 4.78 is 5.49. The van der Waals surface area contributed by atoms with E-state index in [1.54, 1.807) is 0 Å². The molecule has 1 aromatic heterocycles. The van der Waals surface area contributed by atoms with E-state index < -0.39 is 0 Å². The number of rotatable bonds is 5. The van der Waals surface area contributed by atoms with Crippen molar-refractivity contribution in [3.8, 4) is 0 Å². The number of nitrogens with zero attached hydrogens (tertiary/aromatic N) is 1. The summed E-state index contributed by atoms with van der Waals surface area (Å²) in [5.41, 5.74) is 5.76. The van der Waals surface area contributed by atoms with Crippen LogP contribution in [0.25, 0.3) is 10.9 Å². The molecule has 2 aromatic carbocycles. The van der Waals surface area contributed by atoms with E-state index >= 15 is 0 Å². The maximum atomic E-state index is 13.3. The van der Waals surface area contributed by atoms with Crippen LogP contribution in [0, 0.1) is 5.92 Å². The number of nitrogens with one attached hydrogen (secondary N) is 2. The van der Waals surface area contributed by atoms with Gasteiger partial charge in [0.05, 0.1) is 19.3 Å². The summed E-state index contributed by atoms with van der Waals surface area (Å²) in [7, 11) is 0. The molecule has 31 heavy (non-hydrogen) atoms. The number of benzene rings is 2. The van der Waals surface area contributed by atoms with E-state index in [1.807, 2.05) is 24.3 Å². The van der Waals surface area contributed by atoms with Crippen molar-refractivity contribution in [1.82, 2.24) is 15.2 Å². The summed E-state index contributed by atoms with van der Waals surface area (Å²) in [4.78, 5) is 19.2. The average molecular weight is 418 g/mol. The first-order valence-corrected chi connectivity index (χ1v) is 11.5. The number of amides is 1. The van der Waals surface area contributed by atoms with Gasteiger partial charge in [-0.1, -0.05) is 37.3 Å². The van der Waals surface area contributed by atoms with Crippen molar-refractivity contribution in [2.45, 2.75) is 32.2 Å². The van der Waals surface area contributed by atoms with Gasteiger partial charge in [-0.2, -0.15) is 0 Å². The van der Waals surface area contributed by atoms with Crippen molar-refractivity contribution in [2.75, 3.05) is 32.8 Å². The minimum Gasteiger partial charge on any atom is -0.379 e. The topological polar surface area (TPSA) is 57.4 Å². The third kappa shape index (κ3) is 4.39. The van der Waals surface area contributed by atoms with Gasteiger partial charge in [-0.3, -0.25) is 9.69 Å². The first-order chi connectivity index (χ1) is 15.2. The lowest BCUT2D eigenvalue weighted by molar-refractivity contribution is 0.0332. The molecule has 1 aliphatic carbocycles. The Bertz CT molecular complexity index is 1050. The van der Waals surface area contributed by atoms with E-state index in [2.05, 4.69) is 46.4 Å². The Balaban J connectivity index is 1.39. The lowest BCUT2D eigenvalue weighted by Gasteiger charge is -2.31. The third-order valence-corrected chi connectivity index (χ3v) is 6.75. The Morgan fingerprint density at radius 3 is 2.81 bits per heavy atom. The second-order valence-electron chi connectivity index (χ2n) is 9.04. The minimum absolute atomic E-state index is 0.0113. The van der Waals surface area contributed by atoms with Crippen LogP contribution in [0.3, 0.4) is 0 Å². The number of fused-ring (bicyclic) bond motifs is 3. The molecule has 162 valence electrons. The normalized spacial score (nSPS) is 20.4. The predicted molar refractivity (Wildman–Crippen MR) is 123 cm³/mol. The van der Waals surface area contributed by atoms with Crippen molar-refractivity contribution >= 4 is 16.8 Å². The SMILES string of the molecule is CC1CCc2[nH]c3ccc(C(=O)NC(CN4CCOCC4)c4ccccc4)cc3c2C1. The number of aromatic amines is 1. The molecule has 0 radical (unpaired) electrons. The standard InChI is InChI=1S/C26H31N3O2/c1-18-7-9-23-21(15-18)22-16-20(8-10-24(22)27-23)26(30)28-25(19-5-3-2-4-6-19)17-29-11-13-31-14-12-29/h2-6,8,10,16,18,25,27H,7,9,11-15,17H2,1H3,(H,28,30). The second kappa shape index (κ2) is 8.85. The molecule has 2 aliphatic rings. The van der Waals surface area contributed by atoms with Crippen LogP contribution in [-0.2, 0) is 17.6 Å². The fourth-order valence-corrected chi connectivity index (χ4v) is 4.94. The molecule has 0 saturated carbocycles. The molecular formula is C26H31N3O2. The molecule has 3 aromatic rings. The number of carbonyl (C=O) groups is 1. The Labute approximate surface area is 183 Å². The lowest BCUT2D eigenvalue weighted by Crippen LogP contribution is -2.43. The molecule has 5 nitrogen and oxygen atoms in total. The summed E-state index contributed by atoms with van der Waals surface area (Å²) in [5.74, 6) is 0.683. The molecule has 0 bridgehead atoms. The predicted octanol–water partition coefficient (Wildman–Crippen LogP) is 4.10. The molecule has 1 saturated heterocycles. The van der Waals surface area contributed by atoms with Gasteiger partial charge < -0.3 is 15.0 Å². The van der Waals surface area contributed by atoms with Crippen molar-refractivity contribution in [2.24, 2.45) is 5.92 Å². The fraction of sp³-hybridized carbons (Fsp3) is 0.423. The molecule has 1 aliphatic heterocycles. The van der Waals surface area contributed by atoms with E-state index in [0.29, 0.717) is 5.92 Å². The van der Waals surface area contributed by atoms with Crippen molar-refractivity contribution in [1.29, 1.82) is 0 Å². The number of hydrogen-bond acceptors (Lipinski definition) is 3. The zero-order valence-electron chi connectivity index (χ0n) is 18.2. The van der Waals surface area contributed by atoms with Gasteiger partial charge in [0.1, 0.15) is 0 Å². The number of ether oxygens (including phenoxy) is 1. The second-order valence-corrected chi connectivity index (χ2v) is 9.04. The summed E-state index contributed by atoms with van der Waals surface area (Å²) in [6.07, 6.45) is 3.42. The van der Waals surface area contributed by atoms with Crippen LogP contribution in [0.4, 0.5) is 0 Å². The zero-order chi connectivity index (χ0) is 21.2. The number of aryl methyl sites for hydroxylation is 1. The van der Waals surface area contributed by atoms with Crippen LogP contribution in [0.5, 0.6) is 0 Å². The van der Waals surface area contributed by atoms with Gasteiger partial charge in [-0.25, -0.2) is 0 Å². The number of carbonyl (C=O) groups excluding carboxylic acids is 1. The highest BCUT2D eigenvalue weighted by molar-refractivity contribution is 5.99. The maximum Gasteiger partial charge on any atom is 0.251 e. The van der Waals surface area contributed by atoms with Crippen LogP contribution in [0.2, 0.25) is 0 Å². The Kier molecular flexibility index (Phi) is 5.79. The third-order valence-electron chi connectivity index (χ3n) is 6.75. The van der Waals surface area contributed by atoms with Crippen LogP contribution in [0.15, 0.2) is 48.5 Å². The molecule has 5 rings (SSSR count). The molecule has 5 heteroatoms. The summed E-state index contributed by atoms with van der Waals surface area (Å²) in [6.45, 7) is 6.41. The first kappa shape index (κ1) is 20.3. The summed E-state index contributed by atoms with van der Waals surface area (Å²) in [5, 5.41) is 4.52. The first-order valence-electron chi connectivity index (χ1n) is 11.5. The molecular weight excluding hydrogens is 386 g/mol. The van der Waals surface area contributed by atoms with Crippen LogP contribution in [-0.4, -0.2) is 48.6 Å². The fourth-order valence-electron chi connectivity index (χ4n) is 4.94. The average Bonchev–Trinajstić information content (AvgIpc) is 3.17. The largest absolute Gasteiger partial charge is 0.379 e.